The van der Waals surface area contributed by atoms with Crippen molar-refractivity contribution in [2.24, 2.45) is 7.05 Å². The Labute approximate surface area is 182 Å². The zero-order valence-electron chi connectivity index (χ0n) is 17.1. The molecule has 32 heavy (non-hydrogen) atoms. The van der Waals surface area contributed by atoms with Gasteiger partial charge in [0.2, 0.25) is 0 Å². The number of anilines is 1. The summed E-state index contributed by atoms with van der Waals surface area (Å²) in [6.45, 7) is 0.0650. The number of carbonyl (C=O) groups is 2. The Hall–Kier alpha value is -4.13. The first-order chi connectivity index (χ1) is 15.5. The number of carbonyl (C=O) groups excluding carboxylic acids is 1. The molecule has 0 bridgehead atoms. The summed E-state index contributed by atoms with van der Waals surface area (Å²) in [5.74, 6) is -2.05. The molecule has 6 nitrogen and oxygen atoms in total. The lowest BCUT2D eigenvalue weighted by Gasteiger charge is -2.15. The van der Waals surface area contributed by atoms with Crippen LogP contribution < -0.4 is 5.32 Å². The normalized spacial score (nSPS) is 12.4. The average Bonchev–Trinajstić information content (AvgIpc) is 3.25. The third-order valence-electron chi connectivity index (χ3n) is 5.95. The van der Waals surface area contributed by atoms with Gasteiger partial charge in [-0.1, -0.05) is 54.6 Å². The van der Waals surface area contributed by atoms with E-state index in [1.54, 1.807) is 6.07 Å². The molecule has 0 saturated heterocycles. The van der Waals surface area contributed by atoms with Gasteiger partial charge in [0, 0.05) is 13.0 Å². The Morgan fingerprint density at radius 3 is 2.25 bits per heavy atom. The molecule has 0 saturated carbocycles. The van der Waals surface area contributed by atoms with E-state index in [0.717, 1.165) is 22.3 Å². The molecule has 7 heteroatoms. The van der Waals surface area contributed by atoms with Crippen molar-refractivity contribution in [1.82, 2.24) is 4.57 Å². The minimum atomic E-state index is -1.28. The number of hydrogen-bond acceptors (Lipinski definition) is 3. The van der Waals surface area contributed by atoms with Crippen LogP contribution in [0.1, 0.15) is 27.5 Å². The van der Waals surface area contributed by atoms with Crippen LogP contribution in [0.25, 0.3) is 22.0 Å². The van der Waals surface area contributed by atoms with Gasteiger partial charge in [0.05, 0.1) is 16.6 Å². The largest absolute Gasteiger partial charge is 0.477 e. The molecule has 1 aromatic heterocycles. The van der Waals surface area contributed by atoms with Crippen molar-refractivity contribution in [3.8, 4) is 11.1 Å². The van der Waals surface area contributed by atoms with Gasteiger partial charge in [0.25, 0.3) is 0 Å². The molecule has 160 valence electrons. The van der Waals surface area contributed by atoms with Crippen LogP contribution in [0.2, 0.25) is 0 Å². The quantitative estimate of drug-likeness (QED) is 0.456. The Morgan fingerprint density at radius 1 is 1.00 bits per heavy atom. The lowest BCUT2D eigenvalue weighted by Crippen LogP contribution is -2.19. The fourth-order valence-corrected chi connectivity index (χ4v) is 4.55. The number of carboxylic acids is 1. The first-order valence-corrected chi connectivity index (χ1v) is 10.1. The number of aryl methyl sites for hydroxylation is 1. The molecule has 0 unspecified atom stereocenters. The Balaban J connectivity index is 1.43. The van der Waals surface area contributed by atoms with Crippen molar-refractivity contribution in [3.05, 3.63) is 89.4 Å². The summed E-state index contributed by atoms with van der Waals surface area (Å²) < 4.78 is 21.4. The lowest BCUT2D eigenvalue weighted by atomic mass is 9.98. The number of carboxylic acid groups (broad SMARTS) is 1. The summed E-state index contributed by atoms with van der Waals surface area (Å²) in [4.78, 5) is 24.5. The molecule has 1 heterocycles. The summed E-state index contributed by atoms with van der Waals surface area (Å²) in [5, 5.41) is 12.1. The SMILES string of the molecule is Cn1c(C(=O)O)c(NC(=O)OCC2c3ccccc3-c3ccccc32)c2c(F)cccc21. The van der Waals surface area contributed by atoms with Crippen molar-refractivity contribution in [2.45, 2.75) is 5.92 Å². The number of halogens is 1. The topological polar surface area (TPSA) is 80.6 Å². The minimum Gasteiger partial charge on any atom is -0.477 e. The molecular formula is C25H19FN2O4. The average molecular weight is 430 g/mol. The number of nitrogens with zero attached hydrogens (tertiary/aromatic N) is 1. The summed E-state index contributed by atoms with van der Waals surface area (Å²) in [6, 6.07) is 20.2. The van der Waals surface area contributed by atoms with E-state index < -0.39 is 17.9 Å². The second-order valence-corrected chi connectivity index (χ2v) is 7.67. The van der Waals surface area contributed by atoms with Crippen LogP contribution in [0.3, 0.4) is 0 Å². The Kier molecular flexibility index (Phi) is 4.66. The smallest absolute Gasteiger partial charge is 0.411 e. The molecule has 1 amide bonds. The molecule has 0 aliphatic heterocycles. The van der Waals surface area contributed by atoms with Gasteiger partial charge in [-0.3, -0.25) is 5.32 Å². The van der Waals surface area contributed by atoms with E-state index in [-0.39, 0.29) is 29.3 Å². The Morgan fingerprint density at radius 2 is 1.62 bits per heavy atom. The highest BCUT2D eigenvalue weighted by atomic mass is 19.1. The van der Waals surface area contributed by atoms with Gasteiger partial charge >= 0.3 is 12.1 Å². The van der Waals surface area contributed by atoms with Crippen molar-refractivity contribution in [3.63, 3.8) is 0 Å². The number of rotatable bonds is 4. The highest BCUT2D eigenvalue weighted by molar-refractivity contribution is 6.10. The molecular weight excluding hydrogens is 411 g/mol. The van der Waals surface area contributed by atoms with Gasteiger partial charge in [0.1, 0.15) is 12.4 Å². The maximum Gasteiger partial charge on any atom is 0.411 e. The van der Waals surface area contributed by atoms with Crippen LogP contribution in [0, 0.1) is 5.82 Å². The number of ether oxygens (including phenoxy) is 1. The fourth-order valence-electron chi connectivity index (χ4n) is 4.55. The molecule has 0 spiro atoms. The molecule has 2 N–H and O–H groups in total. The second-order valence-electron chi connectivity index (χ2n) is 7.67. The maximum absolute atomic E-state index is 14.5. The van der Waals surface area contributed by atoms with Gasteiger partial charge in [0.15, 0.2) is 5.69 Å². The fraction of sp³-hybridized carbons (Fsp3) is 0.120. The summed E-state index contributed by atoms with van der Waals surface area (Å²) in [6.07, 6.45) is -0.842. The van der Waals surface area contributed by atoms with Crippen LogP contribution in [-0.2, 0) is 11.8 Å². The molecule has 3 aromatic carbocycles. The van der Waals surface area contributed by atoms with Crippen molar-refractivity contribution in [1.29, 1.82) is 0 Å². The van der Waals surface area contributed by atoms with E-state index in [4.69, 9.17) is 4.74 Å². The number of amides is 1. The van der Waals surface area contributed by atoms with Gasteiger partial charge < -0.3 is 14.4 Å². The molecule has 4 aromatic rings. The van der Waals surface area contributed by atoms with Crippen molar-refractivity contribution >= 4 is 28.7 Å². The molecule has 0 radical (unpaired) electrons. The molecule has 0 atom stereocenters. The number of hydrogen-bond donors (Lipinski definition) is 2. The molecule has 5 rings (SSSR count). The van der Waals surface area contributed by atoms with Crippen LogP contribution >= 0.6 is 0 Å². The van der Waals surface area contributed by atoms with Crippen LogP contribution in [0.5, 0.6) is 0 Å². The highest BCUT2D eigenvalue weighted by Gasteiger charge is 2.30. The van der Waals surface area contributed by atoms with Gasteiger partial charge in [-0.15, -0.1) is 0 Å². The van der Waals surface area contributed by atoms with E-state index in [1.807, 2.05) is 48.5 Å². The predicted molar refractivity (Wildman–Crippen MR) is 119 cm³/mol. The third kappa shape index (κ3) is 3.01. The number of aromatic nitrogens is 1. The summed E-state index contributed by atoms with van der Waals surface area (Å²) in [5.41, 5.74) is 4.33. The van der Waals surface area contributed by atoms with Crippen LogP contribution in [0.4, 0.5) is 14.9 Å². The first-order valence-electron chi connectivity index (χ1n) is 10.1. The minimum absolute atomic E-state index is 0.0286. The molecule has 0 fully saturated rings. The zero-order valence-corrected chi connectivity index (χ0v) is 17.1. The Bertz CT molecular complexity index is 1350. The van der Waals surface area contributed by atoms with E-state index in [9.17, 15) is 19.1 Å². The standard InChI is InChI=1S/C25H19FN2O4/c1-28-20-12-6-11-19(26)21(20)22(23(28)24(29)30)27-25(31)32-13-18-16-9-4-2-7-14(16)15-8-3-5-10-17(15)18/h2-12,18H,13H2,1H3,(H,27,31)(H,29,30). The van der Waals surface area contributed by atoms with Crippen LogP contribution in [-0.4, -0.2) is 28.3 Å². The predicted octanol–water partition coefficient (Wildman–Crippen LogP) is 5.38. The van der Waals surface area contributed by atoms with E-state index >= 15 is 0 Å². The summed E-state index contributed by atoms with van der Waals surface area (Å²) >= 11 is 0. The number of aromatic carboxylic acids is 1. The van der Waals surface area contributed by atoms with E-state index in [0.29, 0.717) is 5.52 Å². The molecule has 1 aliphatic rings. The van der Waals surface area contributed by atoms with Gasteiger partial charge in [-0.2, -0.15) is 0 Å². The lowest BCUT2D eigenvalue weighted by molar-refractivity contribution is 0.0688. The number of fused-ring (bicyclic) bond motifs is 4. The summed E-state index contributed by atoms with van der Waals surface area (Å²) in [7, 11) is 1.51. The number of nitrogens with one attached hydrogen (secondary N) is 1. The van der Waals surface area contributed by atoms with Gasteiger partial charge in [-0.25, -0.2) is 14.0 Å². The highest BCUT2D eigenvalue weighted by Crippen LogP contribution is 2.44. The van der Waals surface area contributed by atoms with Crippen LogP contribution in [0.15, 0.2) is 66.7 Å². The molecule has 1 aliphatic carbocycles. The van der Waals surface area contributed by atoms with Gasteiger partial charge in [-0.05, 0) is 34.4 Å². The number of benzene rings is 3. The zero-order chi connectivity index (χ0) is 22.4. The maximum atomic E-state index is 14.5. The second kappa shape index (κ2) is 7.53. The van der Waals surface area contributed by atoms with Crippen molar-refractivity contribution < 1.29 is 23.8 Å². The van der Waals surface area contributed by atoms with Crippen molar-refractivity contribution in [2.75, 3.05) is 11.9 Å². The van der Waals surface area contributed by atoms with E-state index in [2.05, 4.69) is 5.32 Å². The third-order valence-corrected chi connectivity index (χ3v) is 5.95. The first kappa shape index (κ1) is 19.8. The monoisotopic (exact) mass is 430 g/mol. The van der Waals surface area contributed by atoms with E-state index in [1.165, 1.54) is 23.7 Å².